The predicted octanol–water partition coefficient (Wildman–Crippen LogP) is 3.06. The Kier molecular flexibility index (Phi) is 4.57. The fraction of sp³-hybridized carbons (Fsp3) is 0.588. The van der Waals surface area contributed by atoms with E-state index in [4.69, 9.17) is 4.74 Å². The summed E-state index contributed by atoms with van der Waals surface area (Å²) in [6.07, 6.45) is 1.83. The topological polar surface area (TPSA) is 58.6 Å². The van der Waals surface area contributed by atoms with E-state index in [1.165, 1.54) is 11.1 Å². The molecule has 2 rings (SSSR count). The molecule has 2 N–H and O–H groups in total. The molecule has 0 bridgehead atoms. The molecule has 1 saturated carbocycles. The van der Waals surface area contributed by atoms with E-state index in [0.717, 1.165) is 12.2 Å². The van der Waals surface area contributed by atoms with Gasteiger partial charge in [0.1, 0.15) is 17.4 Å². The smallest absolute Gasteiger partial charge is 0.324 e. The molecule has 0 aromatic heterocycles. The SMILES string of the molecule is Cc1ccc(OC2CCC(NC(C)C)(C(=O)O)C2)cc1C. The zero-order valence-corrected chi connectivity index (χ0v) is 13.3. The Morgan fingerprint density at radius 3 is 2.67 bits per heavy atom. The molecule has 1 aliphatic carbocycles. The van der Waals surface area contributed by atoms with E-state index >= 15 is 0 Å². The molecule has 0 heterocycles. The molecule has 21 heavy (non-hydrogen) atoms. The van der Waals surface area contributed by atoms with E-state index < -0.39 is 11.5 Å². The summed E-state index contributed by atoms with van der Waals surface area (Å²) < 4.78 is 5.99. The van der Waals surface area contributed by atoms with E-state index in [-0.39, 0.29) is 12.1 Å². The maximum absolute atomic E-state index is 11.6. The second-order valence-corrected chi connectivity index (χ2v) is 6.42. The van der Waals surface area contributed by atoms with Crippen molar-refractivity contribution in [2.75, 3.05) is 0 Å². The van der Waals surface area contributed by atoms with Gasteiger partial charge in [-0.1, -0.05) is 6.07 Å². The van der Waals surface area contributed by atoms with Gasteiger partial charge in [0, 0.05) is 12.5 Å². The van der Waals surface area contributed by atoms with Crippen LogP contribution in [0.25, 0.3) is 0 Å². The maximum atomic E-state index is 11.6. The number of nitrogens with one attached hydrogen (secondary N) is 1. The minimum atomic E-state index is -0.849. The van der Waals surface area contributed by atoms with Crippen LogP contribution in [0.2, 0.25) is 0 Å². The highest BCUT2D eigenvalue weighted by molar-refractivity contribution is 5.79. The van der Waals surface area contributed by atoms with Gasteiger partial charge in [-0.2, -0.15) is 0 Å². The molecule has 1 fully saturated rings. The molecule has 2 atom stereocenters. The first-order chi connectivity index (χ1) is 9.82. The fourth-order valence-electron chi connectivity index (χ4n) is 3.02. The van der Waals surface area contributed by atoms with Gasteiger partial charge in [-0.15, -0.1) is 0 Å². The van der Waals surface area contributed by atoms with Crippen LogP contribution in [0.4, 0.5) is 0 Å². The molecular formula is C17H25NO3. The molecule has 2 unspecified atom stereocenters. The Morgan fingerprint density at radius 2 is 2.10 bits per heavy atom. The summed E-state index contributed by atoms with van der Waals surface area (Å²) in [5, 5.41) is 12.8. The van der Waals surface area contributed by atoms with Crippen LogP contribution in [-0.2, 0) is 4.79 Å². The summed E-state index contributed by atoms with van der Waals surface area (Å²) in [7, 11) is 0. The number of ether oxygens (including phenoxy) is 1. The average molecular weight is 291 g/mol. The number of rotatable bonds is 5. The number of hydrogen-bond donors (Lipinski definition) is 2. The molecule has 0 radical (unpaired) electrons. The number of carboxylic acids is 1. The van der Waals surface area contributed by atoms with Crippen LogP contribution in [0, 0.1) is 13.8 Å². The molecule has 0 amide bonds. The van der Waals surface area contributed by atoms with Gasteiger partial charge in [-0.3, -0.25) is 10.1 Å². The minimum Gasteiger partial charge on any atom is -0.490 e. The van der Waals surface area contributed by atoms with Crippen LogP contribution in [-0.4, -0.2) is 28.8 Å². The highest BCUT2D eigenvalue weighted by Crippen LogP contribution is 2.34. The third-order valence-corrected chi connectivity index (χ3v) is 4.22. The summed E-state index contributed by atoms with van der Waals surface area (Å²) >= 11 is 0. The largest absolute Gasteiger partial charge is 0.490 e. The van der Waals surface area contributed by atoms with Crippen LogP contribution >= 0.6 is 0 Å². The molecule has 4 nitrogen and oxygen atoms in total. The Balaban J connectivity index is 2.06. The van der Waals surface area contributed by atoms with E-state index in [1.807, 2.05) is 32.0 Å². The van der Waals surface area contributed by atoms with Gasteiger partial charge < -0.3 is 9.84 Å². The lowest BCUT2D eigenvalue weighted by atomic mass is 9.96. The molecule has 1 aromatic carbocycles. The zero-order chi connectivity index (χ0) is 15.6. The average Bonchev–Trinajstić information content (AvgIpc) is 2.77. The van der Waals surface area contributed by atoms with Crippen molar-refractivity contribution >= 4 is 5.97 Å². The number of carbonyl (C=O) groups is 1. The first-order valence-corrected chi connectivity index (χ1v) is 7.57. The van der Waals surface area contributed by atoms with Crippen molar-refractivity contribution in [3.05, 3.63) is 29.3 Å². The van der Waals surface area contributed by atoms with Gasteiger partial charge in [-0.05, 0) is 63.8 Å². The van der Waals surface area contributed by atoms with Gasteiger partial charge in [0.2, 0.25) is 0 Å². The predicted molar refractivity (Wildman–Crippen MR) is 82.8 cm³/mol. The lowest BCUT2D eigenvalue weighted by molar-refractivity contribution is -0.145. The molecule has 1 aliphatic rings. The minimum absolute atomic E-state index is 0.0468. The van der Waals surface area contributed by atoms with Crippen LogP contribution in [0.3, 0.4) is 0 Å². The maximum Gasteiger partial charge on any atom is 0.324 e. The van der Waals surface area contributed by atoms with E-state index in [0.29, 0.717) is 12.8 Å². The van der Waals surface area contributed by atoms with Crippen molar-refractivity contribution in [2.45, 2.75) is 64.6 Å². The molecule has 0 saturated heterocycles. The lowest BCUT2D eigenvalue weighted by Gasteiger charge is -2.28. The Bertz CT molecular complexity index is 527. The molecule has 1 aromatic rings. The number of aryl methyl sites for hydroxylation is 2. The molecule has 4 heteroatoms. The summed E-state index contributed by atoms with van der Waals surface area (Å²) in [4.78, 5) is 11.6. The molecule has 116 valence electrons. The molecular weight excluding hydrogens is 266 g/mol. The summed E-state index contributed by atoms with van der Waals surface area (Å²) in [6, 6.07) is 6.16. The molecule has 0 aliphatic heterocycles. The standard InChI is InChI=1S/C17H25NO3/c1-11(2)18-17(16(19)20)8-7-15(10-17)21-14-6-5-12(3)13(4)9-14/h5-6,9,11,15,18H,7-8,10H2,1-4H3,(H,19,20). The van der Waals surface area contributed by atoms with Crippen molar-refractivity contribution in [1.82, 2.24) is 5.32 Å². The first kappa shape index (κ1) is 15.8. The first-order valence-electron chi connectivity index (χ1n) is 7.57. The Hall–Kier alpha value is -1.55. The van der Waals surface area contributed by atoms with Gasteiger partial charge in [-0.25, -0.2) is 0 Å². The summed E-state index contributed by atoms with van der Waals surface area (Å²) in [5.74, 6) is 0.0521. The van der Waals surface area contributed by atoms with Crippen molar-refractivity contribution < 1.29 is 14.6 Å². The van der Waals surface area contributed by atoms with E-state index in [2.05, 4.69) is 19.2 Å². The van der Waals surface area contributed by atoms with E-state index in [1.54, 1.807) is 0 Å². The second kappa shape index (κ2) is 6.06. The third-order valence-electron chi connectivity index (χ3n) is 4.22. The zero-order valence-electron chi connectivity index (χ0n) is 13.3. The highest BCUT2D eigenvalue weighted by Gasteiger charge is 2.46. The van der Waals surface area contributed by atoms with Gasteiger partial charge in [0.25, 0.3) is 0 Å². The van der Waals surface area contributed by atoms with Crippen LogP contribution in [0.1, 0.15) is 44.2 Å². The Morgan fingerprint density at radius 1 is 1.38 bits per heavy atom. The second-order valence-electron chi connectivity index (χ2n) is 6.42. The third kappa shape index (κ3) is 3.56. The van der Waals surface area contributed by atoms with Gasteiger partial charge >= 0.3 is 5.97 Å². The lowest BCUT2D eigenvalue weighted by Crippen LogP contribution is -2.53. The van der Waals surface area contributed by atoms with Gasteiger partial charge in [0.05, 0.1) is 0 Å². The highest BCUT2D eigenvalue weighted by atomic mass is 16.5. The number of benzene rings is 1. The van der Waals surface area contributed by atoms with Crippen molar-refractivity contribution in [1.29, 1.82) is 0 Å². The van der Waals surface area contributed by atoms with Crippen molar-refractivity contribution in [2.24, 2.45) is 0 Å². The number of aliphatic carboxylic acids is 1. The fourth-order valence-corrected chi connectivity index (χ4v) is 3.02. The number of hydrogen-bond acceptors (Lipinski definition) is 3. The monoisotopic (exact) mass is 291 g/mol. The van der Waals surface area contributed by atoms with Crippen LogP contribution in [0.15, 0.2) is 18.2 Å². The van der Waals surface area contributed by atoms with Crippen LogP contribution in [0.5, 0.6) is 5.75 Å². The van der Waals surface area contributed by atoms with E-state index in [9.17, 15) is 9.90 Å². The van der Waals surface area contributed by atoms with Crippen molar-refractivity contribution in [3.8, 4) is 5.75 Å². The summed E-state index contributed by atoms with van der Waals surface area (Å²) in [6.45, 7) is 8.07. The number of carboxylic acid groups (broad SMARTS) is 1. The van der Waals surface area contributed by atoms with Crippen molar-refractivity contribution in [3.63, 3.8) is 0 Å². The molecule has 0 spiro atoms. The summed E-state index contributed by atoms with van der Waals surface area (Å²) in [5.41, 5.74) is 1.57. The van der Waals surface area contributed by atoms with Gasteiger partial charge in [0.15, 0.2) is 0 Å². The van der Waals surface area contributed by atoms with Crippen LogP contribution < -0.4 is 10.1 Å². The normalized spacial score (nSPS) is 25.3. The quantitative estimate of drug-likeness (QED) is 0.875. The Labute approximate surface area is 126 Å².